The Hall–Kier alpha value is -4.12. The molecule has 226 valence electrons. The second-order valence-electron chi connectivity index (χ2n) is 9.97. The molecule has 0 aliphatic carbocycles. The maximum absolute atomic E-state index is 14.7. The molecule has 0 saturated carbocycles. The standard InChI is InChI=1S/C31H38FN3O6S/c1-7-22(3)33-31(37)23(4)34(19-24-10-8-9-11-27(24)32)30(36)20-35(25-14-17-28(40-5)29(18-25)41-6)42(38,39)26-15-12-21(2)13-16-26/h8-18,22-23H,7,19-20H2,1-6H3,(H,33,37)/t22-,23+/m0/s1. The van der Waals surface area contributed by atoms with Gasteiger partial charge in [-0.25, -0.2) is 12.8 Å². The number of hydrogen-bond donors (Lipinski definition) is 1. The lowest BCUT2D eigenvalue weighted by Gasteiger charge is -2.32. The number of methoxy groups -OCH3 is 2. The highest BCUT2D eigenvalue weighted by atomic mass is 32.2. The highest BCUT2D eigenvalue weighted by Crippen LogP contribution is 2.34. The molecule has 0 aliphatic heterocycles. The summed E-state index contributed by atoms with van der Waals surface area (Å²) >= 11 is 0. The van der Waals surface area contributed by atoms with Crippen molar-refractivity contribution >= 4 is 27.5 Å². The van der Waals surface area contributed by atoms with Gasteiger partial charge in [-0.1, -0.05) is 42.8 Å². The summed E-state index contributed by atoms with van der Waals surface area (Å²) in [6, 6.07) is 15.5. The number of carbonyl (C=O) groups excluding carboxylic acids is 2. The largest absolute Gasteiger partial charge is 0.493 e. The second kappa shape index (κ2) is 14.2. The third-order valence-electron chi connectivity index (χ3n) is 7.01. The summed E-state index contributed by atoms with van der Waals surface area (Å²) in [5.74, 6) is -1.05. The van der Waals surface area contributed by atoms with Gasteiger partial charge in [-0.3, -0.25) is 13.9 Å². The number of anilines is 1. The van der Waals surface area contributed by atoms with Crippen molar-refractivity contribution in [2.45, 2.75) is 57.6 Å². The van der Waals surface area contributed by atoms with Crippen LogP contribution < -0.4 is 19.1 Å². The molecule has 0 aliphatic rings. The Labute approximate surface area is 247 Å². The summed E-state index contributed by atoms with van der Waals surface area (Å²) in [6.07, 6.45) is 0.668. The van der Waals surface area contributed by atoms with Crippen LogP contribution in [0.2, 0.25) is 0 Å². The highest BCUT2D eigenvalue weighted by Gasteiger charge is 2.33. The van der Waals surface area contributed by atoms with E-state index in [0.29, 0.717) is 12.2 Å². The van der Waals surface area contributed by atoms with Crippen LogP contribution in [-0.2, 0) is 26.2 Å². The summed E-state index contributed by atoms with van der Waals surface area (Å²) in [5.41, 5.74) is 1.19. The van der Waals surface area contributed by atoms with Gasteiger partial charge in [-0.15, -0.1) is 0 Å². The van der Waals surface area contributed by atoms with E-state index >= 15 is 0 Å². The zero-order chi connectivity index (χ0) is 31.0. The first-order valence-corrected chi connectivity index (χ1v) is 15.0. The number of amides is 2. The molecule has 0 bridgehead atoms. The van der Waals surface area contributed by atoms with E-state index in [1.807, 2.05) is 20.8 Å². The summed E-state index contributed by atoms with van der Waals surface area (Å²) < 4.78 is 54.3. The Bertz CT molecular complexity index is 1500. The van der Waals surface area contributed by atoms with Crippen LogP contribution in [0.1, 0.15) is 38.3 Å². The van der Waals surface area contributed by atoms with E-state index in [0.717, 1.165) is 9.87 Å². The molecule has 0 aromatic heterocycles. The van der Waals surface area contributed by atoms with Crippen molar-refractivity contribution in [3.05, 3.63) is 83.7 Å². The minimum absolute atomic E-state index is 0.0288. The zero-order valence-electron chi connectivity index (χ0n) is 24.8. The molecule has 0 heterocycles. The lowest BCUT2D eigenvalue weighted by Crippen LogP contribution is -2.52. The van der Waals surface area contributed by atoms with E-state index in [9.17, 15) is 22.4 Å². The molecule has 42 heavy (non-hydrogen) atoms. The second-order valence-corrected chi connectivity index (χ2v) is 11.8. The van der Waals surface area contributed by atoms with Gasteiger partial charge in [0, 0.05) is 24.2 Å². The van der Waals surface area contributed by atoms with Gasteiger partial charge in [0.2, 0.25) is 11.8 Å². The van der Waals surface area contributed by atoms with Crippen LogP contribution in [-0.4, -0.2) is 58.0 Å². The fourth-order valence-electron chi connectivity index (χ4n) is 4.20. The summed E-state index contributed by atoms with van der Waals surface area (Å²) in [5, 5.41) is 2.85. The minimum Gasteiger partial charge on any atom is -0.493 e. The molecule has 2 atom stereocenters. The molecule has 9 nitrogen and oxygen atoms in total. The number of rotatable bonds is 13. The summed E-state index contributed by atoms with van der Waals surface area (Å²) in [4.78, 5) is 28.3. The average Bonchev–Trinajstić information content (AvgIpc) is 2.98. The van der Waals surface area contributed by atoms with Crippen LogP contribution in [0.5, 0.6) is 11.5 Å². The normalized spacial score (nSPS) is 12.6. The lowest BCUT2D eigenvalue weighted by atomic mass is 10.1. The molecule has 3 rings (SSSR count). The van der Waals surface area contributed by atoms with Crippen molar-refractivity contribution in [1.82, 2.24) is 10.2 Å². The predicted octanol–water partition coefficient (Wildman–Crippen LogP) is 4.68. The smallest absolute Gasteiger partial charge is 0.264 e. The predicted molar refractivity (Wildman–Crippen MR) is 160 cm³/mol. The number of ether oxygens (including phenoxy) is 2. The van der Waals surface area contributed by atoms with E-state index in [1.165, 1.54) is 74.6 Å². The van der Waals surface area contributed by atoms with Gasteiger partial charge in [0.15, 0.2) is 11.5 Å². The van der Waals surface area contributed by atoms with Crippen molar-refractivity contribution in [3.63, 3.8) is 0 Å². The Balaban J connectivity index is 2.10. The number of nitrogens with one attached hydrogen (secondary N) is 1. The lowest BCUT2D eigenvalue weighted by molar-refractivity contribution is -0.139. The fourth-order valence-corrected chi connectivity index (χ4v) is 5.61. The number of carbonyl (C=O) groups is 2. The molecule has 0 fully saturated rings. The summed E-state index contributed by atoms with van der Waals surface area (Å²) in [7, 11) is -1.41. The van der Waals surface area contributed by atoms with Gasteiger partial charge in [0.25, 0.3) is 10.0 Å². The third-order valence-corrected chi connectivity index (χ3v) is 8.80. The van der Waals surface area contributed by atoms with E-state index in [4.69, 9.17) is 9.47 Å². The SMILES string of the molecule is CC[C@H](C)NC(=O)[C@@H](C)N(Cc1ccccc1F)C(=O)CN(c1ccc(OC)c(OC)c1)S(=O)(=O)c1ccc(C)cc1. The van der Waals surface area contributed by atoms with Crippen LogP contribution in [0.3, 0.4) is 0 Å². The van der Waals surface area contributed by atoms with Gasteiger partial charge in [-0.2, -0.15) is 0 Å². The zero-order valence-corrected chi connectivity index (χ0v) is 25.6. The molecule has 0 radical (unpaired) electrons. The molecule has 0 spiro atoms. The van der Waals surface area contributed by atoms with Crippen molar-refractivity contribution in [2.24, 2.45) is 0 Å². The van der Waals surface area contributed by atoms with E-state index < -0.39 is 40.2 Å². The molecular formula is C31H38FN3O6S. The minimum atomic E-state index is -4.28. The topological polar surface area (TPSA) is 105 Å². The van der Waals surface area contributed by atoms with E-state index in [-0.39, 0.29) is 34.5 Å². The Morgan fingerprint density at radius 3 is 2.19 bits per heavy atom. The van der Waals surface area contributed by atoms with Crippen molar-refractivity contribution in [1.29, 1.82) is 0 Å². The van der Waals surface area contributed by atoms with Crippen LogP contribution in [0.4, 0.5) is 10.1 Å². The van der Waals surface area contributed by atoms with Crippen LogP contribution in [0, 0.1) is 12.7 Å². The quantitative estimate of drug-likeness (QED) is 0.306. The molecule has 0 unspecified atom stereocenters. The molecule has 0 saturated heterocycles. The molecule has 2 amide bonds. The Kier molecular flexibility index (Phi) is 10.9. The highest BCUT2D eigenvalue weighted by molar-refractivity contribution is 7.92. The maximum atomic E-state index is 14.7. The van der Waals surface area contributed by atoms with Crippen LogP contribution in [0.25, 0.3) is 0 Å². The molecular weight excluding hydrogens is 561 g/mol. The van der Waals surface area contributed by atoms with Gasteiger partial charge < -0.3 is 19.7 Å². The molecule has 3 aromatic carbocycles. The van der Waals surface area contributed by atoms with Gasteiger partial charge >= 0.3 is 0 Å². The number of nitrogens with zero attached hydrogens (tertiary/aromatic N) is 2. The van der Waals surface area contributed by atoms with Gasteiger partial charge in [0.1, 0.15) is 18.4 Å². The first-order valence-electron chi connectivity index (χ1n) is 13.6. The van der Waals surface area contributed by atoms with E-state index in [2.05, 4.69) is 5.32 Å². The summed E-state index contributed by atoms with van der Waals surface area (Å²) in [6.45, 7) is 6.20. The van der Waals surface area contributed by atoms with Crippen LogP contribution >= 0.6 is 0 Å². The van der Waals surface area contributed by atoms with Crippen molar-refractivity contribution < 1.29 is 31.9 Å². The van der Waals surface area contributed by atoms with Gasteiger partial charge in [0.05, 0.1) is 24.8 Å². The van der Waals surface area contributed by atoms with Gasteiger partial charge in [-0.05, 0) is 57.5 Å². The van der Waals surface area contributed by atoms with Crippen LogP contribution in [0.15, 0.2) is 71.6 Å². The van der Waals surface area contributed by atoms with Crippen molar-refractivity contribution in [2.75, 3.05) is 25.1 Å². The molecule has 3 aromatic rings. The Morgan fingerprint density at radius 2 is 1.60 bits per heavy atom. The number of hydrogen-bond acceptors (Lipinski definition) is 6. The number of sulfonamides is 1. The Morgan fingerprint density at radius 1 is 0.952 bits per heavy atom. The first kappa shape index (κ1) is 32.4. The number of benzene rings is 3. The van der Waals surface area contributed by atoms with E-state index in [1.54, 1.807) is 18.2 Å². The molecule has 1 N–H and O–H groups in total. The third kappa shape index (κ3) is 7.58. The number of halogens is 1. The number of aryl methyl sites for hydroxylation is 1. The monoisotopic (exact) mass is 599 g/mol. The van der Waals surface area contributed by atoms with Crippen molar-refractivity contribution in [3.8, 4) is 11.5 Å². The first-order chi connectivity index (χ1) is 19.9. The average molecular weight is 600 g/mol. The fraction of sp³-hybridized carbons (Fsp3) is 0.355. The maximum Gasteiger partial charge on any atom is 0.264 e. The molecule has 11 heteroatoms.